The van der Waals surface area contributed by atoms with Gasteiger partial charge in [-0.2, -0.15) is 0 Å². The molecule has 0 heterocycles. The zero-order valence-corrected chi connectivity index (χ0v) is 20.5. The van der Waals surface area contributed by atoms with E-state index in [1.807, 2.05) is 36.4 Å². The molecule has 0 aliphatic heterocycles. The van der Waals surface area contributed by atoms with Crippen LogP contribution in [0.2, 0.25) is 0 Å². The van der Waals surface area contributed by atoms with E-state index in [4.69, 9.17) is 9.47 Å². The average Bonchev–Trinajstić information content (AvgIpc) is 2.77. The second-order valence-electron chi connectivity index (χ2n) is 10.3. The third-order valence-corrected chi connectivity index (χ3v) is 5.48. The number of allylic oxidation sites excluding steroid dienone is 1. The third kappa shape index (κ3) is 10.1. The van der Waals surface area contributed by atoms with Gasteiger partial charge in [-0.15, -0.1) is 6.58 Å². The molecule has 0 saturated carbocycles. The van der Waals surface area contributed by atoms with Gasteiger partial charge in [-0.3, -0.25) is 9.59 Å². The molecule has 0 radical (unpaired) electrons. The number of carbonyl (C=O) groups is 2. The Balaban J connectivity index is 1.84. The van der Waals surface area contributed by atoms with Crippen molar-refractivity contribution in [3.8, 4) is 0 Å². The molecule has 2 aromatic carbocycles. The van der Waals surface area contributed by atoms with E-state index in [-0.39, 0.29) is 35.8 Å². The van der Waals surface area contributed by atoms with Gasteiger partial charge in [0.15, 0.2) is 0 Å². The summed E-state index contributed by atoms with van der Waals surface area (Å²) < 4.78 is 11.2. The number of hydrogen-bond donors (Lipinski definition) is 0. The highest BCUT2D eigenvalue weighted by Gasteiger charge is 2.28. The van der Waals surface area contributed by atoms with Crippen molar-refractivity contribution in [1.82, 2.24) is 0 Å². The lowest BCUT2D eigenvalue weighted by atomic mass is 9.86. The summed E-state index contributed by atoms with van der Waals surface area (Å²) in [6, 6.07) is 20.3. The van der Waals surface area contributed by atoms with Crippen LogP contribution < -0.4 is 0 Å². The van der Waals surface area contributed by atoms with Crippen LogP contribution in [0.1, 0.15) is 51.7 Å². The molecule has 1 atom stereocenters. The molecule has 0 bridgehead atoms. The number of ether oxygens (including phenoxy) is 2. The maximum atomic E-state index is 12.7. The normalized spacial score (nSPS) is 12.6. The van der Waals surface area contributed by atoms with Gasteiger partial charge >= 0.3 is 11.9 Å². The van der Waals surface area contributed by atoms with Crippen LogP contribution >= 0.6 is 0 Å². The molecule has 0 saturated heterocycles. The van der Waals surface area contributed by atoms with Crippen LogP contribution in [0, 0.1) is 16.7 Å². The first-order valence-electron chi connectivity index (χ1n) is 11.6. The molecule has 33 heavy (non-hydrogen) atoms. The highest BCUT2D eigenvalue weighted by molar-refractivity contribution is 5.80. The fourth-order valence-corrected chi connectivity index (χ4v) is 3.78. The minimum absolute atomic E-state index is 0.00855. The summed E-state index contributed by atoms with van der Waals surface area (Å²) in [7, 11) is 0. The Morgan fingerprint density at radius 1 is 0.818 bits per heavy atom. The van der Waals surface area contributed by atoms with Crippen LogP contribution in [0.15, 0.2) is 73.3 Å². The minimum Gasteiger partial charge on any atom is -0.465 e. The number of esters is 2. The fraction of sp³-hybridized carbons (Fsp3) is 0.448. The summed E-state index contributed by atoms with van der Waals surface area (Å²) in [5.74, 6) is -1.35. The zero-order valence-electron chi connectivity index (χ0n) is 20.5. The van der Waals surface area contributed by atoms with E-state index >= 15 is 0 Å². The van der Waals surface area contributed by atoms with Gasteiger partial charge in [-0.05, 0) is 30.4 Å². The number of benzene rings is 2. The van der Waals surface area contributed by atoms with E-state index in [1.165, 1.54) is 11.1 Å². The molecule has 1 unspecified atom stereocenters. The summed E-state index contributed by atoms with van der Waals surface area (Å²) in [6.07, 6.45) is 3.61. The van der Waals surface area contributed by atoms with E-state index in [0.29, 0.717) is 13.0 Å². The summed E-state index contributed by atoms with van der Waals surface area (Å²) >= 11 is 0. The first-order valence-corrected chi connectivity index (χ1v) is 11.6. The van der Waals surface area contributed by atoms with Gasteiger partial charge in [0.25, 0.3) is 0 Å². The minimum atomic E-state index is -0.584. The van der Waals surface area contributed by atoms with Gasteiger partial charge in [0.05, 0.1) is 25.6 Å². The summed E-state index contributed by atoms with van der Waals surface area (Å²) in [6.45, 7) is 12.6. The topological polar surface area (TPSA) is 52.6 Å². The Morgan fingerprint density at radius 2 is 1.27 bits per heavy atom. The van der Waals surface area contributed by atoms with E-state index in [1.54, 1.807) is 6.08 Å². The lowest BCUT2D eigenvalue weighted by Crippen LogP contribution is -2.29. The largest absolute Gasteiger partial charge is 0.465 e. The van der Waals surface area contributed by atoms with Crippen molar-refractivity contribution < 1.29 is 19.1 Å². The molecule has 0 fully saturated rings. The molecule has 0 N–H and O–H groups in total. The number of rotatable bonds is 13. The molecule has 0 aliphatic rings. The lowest BCUT2D eigenvalue weighted by Gasteiger charge is -2.26. The van der Waals surface area contributed by atoms with Crippen molar-refractivity contribution in [3.05, 3.63) is 84.4 Å². The van der Waals surface area contributed by atoms with Gasteiger partial charge in [0, 0.05) is 10.8 Å². The molecular weight excluding hydrogens is 412 g/mol. The van der Waals surface area contributed by atoms with Crippen LogP contribution in [-0.4, -0.2) is 25.2 Å². The quantitative estimate of drug-likeness (QED) is 0.270. The van der Waals surface area contributed by atoms with Crippen LogP contribution in [0.3, 0.4) is 0 Å². The number of carbonyl (C=O) groups excluding carboxylic acids is 2. The van der Waals surface area contributed by atoms with Crippen molar-refractivity contribution in [1.29, 1.82) is 0 Å². The maximum absolute atomic E-state index is 12.7. The zero-order chi connectivity index (χ0) is 24.3. The van der Waals surface area contributed by atoms with Crippen molar-refractivity contribution in [2.75, 3.05) is 13.2 Å². The Morgan fingerprint density at radius 3 is 1.73 bits per heavy atom. The molecule has 2 aromatic rings. The monoisotopic (exact) mass is 450 g/mol. The smallest absolute Gasteiger partial charge is 0.309 e. The van der Waals surface area contributed by atoms with Crippen LogP contribution in [-0.2, 0) is 31.9 Å². The van der Waals surface area contributed by atoms with Crippen molar-refractivity contribution in [3.63, 3.8) is 0 Å². The Hall–Kier alpha value is -2.88. The highest BCUT2D eigenvalue weighted by Crippen LogP contribution is 2.25. The van der Waals surface area contributed by atoms with Crippen molar-refractivity contribution >= 4 is 11.9 Å². The van der Waals surface area contributed by atoms with Gasteiger partial charge in [-0.1, -0.05) is 94.4 Å². The standard InChI is InChI=1S/C29H38O4/c1-6-13-25(27(31)33-22-29(4,5)20-24-16-11-8-12-17-24)18-26(30)32-21-28(2,3)19-23-14-9-7-10-15-23/h6-12,14-17,25H,1,13,18-22H2,2-5H3. The van der Waals surface area contributed by atoms with Gasteiger partial charge in [0.1, 0.15) is 0 Å². The van der Waals surface area contributed by atoms with Crippen molar-refractivity contribution in [2.45, 2.75) is 53.4 Å². The third-order valence-electron chi connectivity index (χ3n) is 5.48. The van der Waals surface area contributed by atoms with Crippen LogP contribution in [0.5, 0.6) is 0 Å². The lowest BCUT2D eigenvalue weighted by molar-refractivity contribution is -0.158. The molecule has 0 amide bonds. The van der Waals surface area contributed by atoms with E-state index in [0.717, 1.165) is 12.8 Å². The van der Waals surface area contributed by atoms with Crippen LogP contribution in [0.25, 0.3) is 0 Å². The van der Waals surface area contributed by atoms with E-state index in [9.17, 15) is 9.59 Å². The molecule has 4 heteroatoms. The molecule has 0 spiro atoms. The first kappa shape index (κ1) is 26.4. The summed E-state index contributed by atoms with van der Waals surface area (Å²) in [5.41, 5.74) is 1.98. The second kappa shape index (κ2) is 12.4. The molecule has 0 aliphatic carbocycles. The molecule has 4 nitrogen and oxygen atoms in total. The highest BCUT2D eigenvalue weighted by atomic mass is 16.5. The second-order valence-corrected chi connectivity index (χ2v) is 10.3. The molecule has 2 rings (SSSR count). The van der Waals surface area contributed by atoms with Crippen molar-refractivity contribution in [2.24, 2.45) is 16.7 Å². The van der Waals surface area contributed by atoms with Gasteiger partial charge in [0.2, 0.25) is 0 Å². The fourth-order valence-electron chi connectivity index (χ4n) is 3.78. The Bertz CT molecular complexity index is 884. The predicted molar refractivity (Wildman–Crippen MR) is 133 cm³/mol. The maximum Gasteiger partial charge on any atom is 0.309 e. The Labute approximate surface area is 199 Å². The SMILES string of the molecule is C=CCC(CC(=O)OCC(C)(C)Cc1ccccc1)C(=O)OCC(C)(C)Cc1ccccc1. The first-order chi connectivity index (χ1) is 15.6. The van der Waals surface area contributed by atoms with E-state index in [2.05, 4.69) is 58.5 Å². The van der Waals surface area contributed by atoms with Gasteiger partial charge in [-0.25, -0.2) is 0 Å². The molecular formula is C29H38O4. The van der Waals surface area contributed by atoms with Gasteiger partial charge < -0.3 is 9.47 Å². The summed E-state index contributed by atoms with van der Waals surface area (Å²) in [5, 5.41) is 0. The predicted octanol–water partition coefficient (Wildman–Crippen LogP) is 6.19. The average molecular weight is 451 g/mol. The molecule has 0 aromatic heterocycles. The number of hydrogen-bond acceptors (Lipinski definition) is 4. The molecule has 178 valence electrons. The van der Waals surface area contributed by atoms with Crippen LogP contribution in [0.4, 0.5) is 0 Å². The van der Waals surface area contributed by atoms with E-state index < -0.39 is 5.92 Å². The summed E-state index contributed by atoms with van der Waals surface area (Å²) in [4.78, 5) is 25.2. The Kier molecular flexibility index (Phi) is 9.90.